The van der Waals surface area contributed by atoms with Crippen LogP contribution >= 0.6 is 23.2 Å². The van der Waals surface area contributed by atoms with Gasteiger partial charge in [0.05, 0.1) is 21.2 Å². The summed E-state index contributed by atoms with van der Waals surface area (Å²) in [5, 5.41) is -0.112. The van der Waals surface area contributed by atoms with Gasteiger partial charge in [0.2, 0.25) is 0 Å². The molecule has 10 heteroatoms. The van der Waals surface area contributed by atoms with Crippen molar-refractivity contribution in [1.82, 2.24) is 9.88 Å². The van der Waals surface area contributed by atoms with Gasteiger partial charge in [-0.15, -0.1) is 0 Å². The molecule has 1 aliphatic heterocycles. The molecule has 150 valence electrons. The fourth-order valence-corrected chi connectivity index (χ4v) is 3.41. The Morgan fingerprint density at radius 3 is 2.43 bits per heavy atom. The number of anilines is 1. The number of carbonyl (C=O) groups excluding carboxylic acids is 1. The van der Waals surface area contributed by atoms with Crippen LogP contribution in [0.5, 0.6) is 0 Å². The third-order valence-electron chi connectivity index (χ3n) is 4.42. The molecule has 28 heavy (non-hydrogen) atoms. The Hall–Kier alpha value is -2.06. The third kappa shape index (κ3) is 4.50. The summed E-state index contributed by atoms with van der Waals surface area (Å²) in [5.41, 5.74) is -0.799. The van der Waals surface area contributed by atoms with Crippen LogP contribution in [-0.4, -0.2) is 42.0 Å². The molecule has 0 radical (unpaired) electrons. The van der Waals surface area contributed by atoms with E-state index in [9.17, 15) is 22.4 Å². The van der Waals surface area contributed by atoms with Crippen LogP contribution in [0.1, 0.15) is 22.3 Å². The van der Waals surface area contributed by atoms with E-state index < -0.39 is 23.5 Å². The lowest BCUT2D eigenvalue weighted by molar-refractivity contribution is -0.137. The van der Waals surface area contributed by atoms with E-state index in [4.69, 9.17) is 23.2 Å². The minimum Gasteiger partial charge on any atom is -0.355 e. The van der Waals surface area contributed by atoms with Crippen molar-refractivity contribution in [3.8, 4) is 0 Å². The SMILES string of the molecule is O=C(c1cc(F)c(Cl)cc1Cl)N1CCCN(c2ccc(C(F)(F)F)cn2)CC1. The second kappa shape index (κ2) is 8.13. The maximum atomic E-state index is 13.7. The highest BCUT2D eigenvalue weighted by molar-refractivity contribution is 6.36. The Bertz CT molecular complexity index is 874. The van der Waals surface area contributed by atoms with Crippen LogP contribution < -0.4 is 4.90 Å². The number of pyridine rings is 1. The van der Waals surface area contributed by atoms with Crippen molar-refractivity contribution < 1.29 is 22.4 Å². The number of benzene rings is 1. The molecule has 3 rings (SSSR count). The van der Waals surface area contributed by atoms with Crippen LogP contribution in [0.15, 0.2) is 30.5 Å². The van der Waals surface area contributed by atoms with Gasteiger partial charge in [-0.1, -0.05) is 23.2 Å². The number of nitrogens with zero attached hydrogens (tertiary/aromatic N) is 3. The molecule has 2 heterocycles. The molecular weight excluding hydrogens is 421 g/mol. The predicted molar refractivity (Wildman–Crippen MR) is 98.4 cm³/mol. The fourth-order valence-electron chi connectivity index (χ4n) is 2.95. The van der Waals surface area contributed by atoms with Crippen molar-refractivity contribution in [3.05, 3.63) is 57.5 Å². The topological polar surface area (TPSA) is 36.4 Å². The summed E-state index contributed by atoms with van der Waals surface area (Å²) in [7, 11) is 0. The van der Waals surface area contributed by atoms with E-state index in [1.165, 1.54) is 17.0 Å². The molecule has 1 aliphatic rings. The minimum atomic E-state index is -4.44. The highest BCUT2D eigenvalue weighted by atomic mass is 35.5. The maximum absolute atomic E-state index is 13.7. The van der Waals surface area contributed by atoms with Crippen molar-refractivity contribution in [2.45, 2.75) is 12.6 Å². The van der Waals surface area contributed by atoms with Gasteiger partial charge in [-0.25, -0.2) is 9.37 Å². The molecule has 2 aromatic rings. The Labute approximate surface area is 168 Å². The molecular formula is C18H15Cl2F4N3O. The number of amides is 1. The molecule has 1 saturated heterocycles. The van der Waals surface area contributed by atoms with Gasteiger partial charge in [0, 0.05) is 32.4 Å². The van der Waals surface area contributed by atoms with Crippen LogP contribution in [0.25, 0.3) is 0 Å². The van der Waals surface area contributed by atoms with Gasteiger partial charge < -0.3 is 9.80 Å². The number of halogens is 6. The summed E-state index contributed by atoms with van der Waals surface area (Å²) in [6, 6.07) is 4.48. The standard InChI is InChI=1S/C18H15Cl2F4N3O/c19-13-9-14(20)15(21)8-12(13)17(28)27-5-1-4-26(6-7-27)16-3-2-11(10-25-16)18(22,23)24/h2-3,8-10H,1,4-7H2. The van der Waals surface area contributed by atoms with Crippen molar-refractivity contribution in [2.75, 3.05) is 31.1 Å². The van der Waals surface area contributed by atoms with Gasteiger partial charge in [0.15, 0.2) is 0 Å². The van der Waals surface area contributed by atoms with E-state index in [2.05, 4.69) is 4.98 Å². The Kier molecular flexibility index (Phi) is 6.00. The zero-order valence-corrected chi connectivity index (χ0v) is 16.0. The molecule has 0 bridgehead atoms. The highest BCUT2D eigenvalue weighted by Gasteiger charge is 2.31. The Morgan fingerprint density at radius 1 is 1.04 bits per heavy atom. The van der Waals surface area contributed by atoms with E-state index in [1.807, 2.05) is 0 Å². The number of hydrogen-bond donors (Lipinski definition) is 0. The quantitative estimate of drug-likeness (QED) is 0.497. The lowest BCUT2D eigenvalue weighted by Crippen LogP contribution is -2.35. The van der Waals surface area contributed by atoms with Crippen molar-refractivity contribution in [1.29, 1.82) is 0 Å². The predicted octanol–water partition coefficient (Wildman–Crippen LogP) is 4.90. The first-order valence-corrected chi connectivity index (χ1v) is 9.14. The van der Waals surface area contributed by atoms with E-state index in [0.717, 1.165) is 18.3 Å². The molecule has 0 atom stereocenters. The largest absolute Gasteiger partial charge is 0.417 e. The Balaban J connectivity index is 1.71. The number of rotatable bonds is 2. The van der Waals surface area contributed by atoms with E-state index >= 15 is 0 Å². The van der Waals surface area contributed by atoms with Gasteiger partial charge >= 0.3 is 6.18 Å². The fraction of sp³-hybridized carbons (Fsp3) is 0.333. The molecule has 0 N–H and O–H groups in total. The zero-order chi connectivity index (χ0) is 20.5. The van der Waals surface area contributed by atoms with Crippen molar-refractivity contribution in [3.63, 3.8) is 0 Å². The van der Waals surface area contributed by atoms with Gasteiger partial charge in [0.1, 0.15) is 11.6 Å². The summed E-state index contributed by atoms with van der Waals surface area (Å²) >= 11 is 11.7. The summed E-state index contributed by atoms with van der Waals surface area (Å²) in [6.07, 6.45) is -3.08. The van der Waals surface area contributed by atoms with Gasteiger partial charge in [-0.2, -0.15) is 13.2 Å². The number of aromatic nitrogens is 1. The smallest absolute Gasteiger partial charge is 0.355 e. The third-order valence-corrected chi connectivity index (χ3v) is 5.03. The molecule has 4 nitrogen and oxygen atoms in total. The average Bonchev–Trinajstić information content (AvgIpc) is 2.90. The van der Waals surface area contributed by atoms with Crippen LogP contribution in [0.3, 0.4) is 0 Å². The van der Waals surface area contributed by atoms with E-state index in [1.54, 1.807) is 4.90 Å². The molecule has 1 aromatic heterocycles. The van der Waals surface area contributed by atoms with E-state index in [-0.39, 0.29) is 15.6 Å². The second-order valence-electron chi connectivity index (χ2n) is 6.28. The van der Waals surface area contributed by atoms with Crippen LogP contribution in [0, 0.1) is 5.82 Å². The first kappa shape index (κ1) is 20.7. The number of hydrogen-bond acceptors (Lipinski definition) is 3. The second-order valence-corrected chi connectivity index (χ2v) is 7.10. The van der Waals surface area contributed by atoms with Gasteiger partial charge in [-0.05, 0) is 30.7 Å². The summed E-state index contributed by atoms with van der Waals surface area (Å²) < 4.78 is 51.7. The highest BCUT2D eigenvalue weighted by Crippen LogP contribution is 2.30. The molecule has 0 aliphatic carbocycles. The molecule has 0 spiro atoms. The minimum absolute atomic E-state index is 0.0182. The summed E-state index contributed by atoms with van der Waals surface area (Å²) in [4.78, 5) is 19.9. The monoisotopic (exact) mass is 435 g/mol. The van der Waals surface area contributed by atoms with Crippen molar-refractivity contribution in [2.24, 2.45) is 0 Å². The Morgan fingerprint density at radius 2 is 1.79 bits per heavy atom. The molecule has 1 amide bonds. The van der Waals surface area contributed by atoms with Gasteiger partial charge in [-0.3, -0.25) is 4.79 Å². The zero-order valence-electron chi connectivity index (χ0n) is 14.4. The van der Waals surface area contributed by atoms with Crippen LogP contribution in [-0.2, 0) is 6.18 Å². The number of carbonyl (C=O) groups is 1. The first-order chi connectivity index (χ1) is 13.2. The molecule has 0 unspecified atom stereocenters. The van der Waals surface area contributed by atoms with Crippen LogP contribution in [0.2, 0.25) is 10.0 Å². The molecule has 1 aromatic carbocycles. The lowest BCUT2D eigenvalue weighted by atomic mass is 10.2. The first-order valence-electron chi connectivity index (χ1n) is 8.39. The van der Waals surface area contributed by atoms with Gasteiger partial charge in [0.25, 0.3) is 5.91 Å². The van der Waals surface area contributed by atoms with E-state index in [0.29, 0.717) is 38.4 Å². The van der Waals surface area contributed by atoms with Crippen molar-refractivity contribution >= 4 is 34.9 Å². The summed E-state index contributed by atoms with van der Waals surface area (Å²) in [5.74, 6) is -0.763. The normalized spacial score (nSPS) is 15.5. The maximum Gasteiger partial charge on any atom is 0.417 e. The lowest BCUT2D eigenvalue weighted by Gasteiger charge is -2.23. The molecule has 0 saturated carbocycles. The summed E-state index contributed by atoms with van der Waals surface area (Å²) in [6.45, 7) is 1.58. The average molecular weight is 436 g/mol. The van der Waals surface area contributed by atoms with Crippen LogP contribution in [0.4, 0.5) is 23.4 Å². The molecule has 1 fully saturated rings. The number of alkyl halides is 3.